The molecule has 3 nitrogen and oxygen atoms in total. The van der Waals surface area contributed by atoms with E-state index in [9.17, 15) is 4.79 Å². The first-order chi connectivity index (χ1) is 12.7. The average molecular weight is 346 g/mol. The summed E-state index contributed by atoms with van der Waals surface area (Å²) in [6.07, 6.45) is 3.25. The fourth-order valence-corrected chi connectivity index (χ4v) is 4.26. The van der Waals surface area contributed by atoms with Gasteiger partial charge in [0.25, 0.3) is 5.91 Å². The molecule has 2 heterocycles. The molecule has 134 valence electrons. The van der Waals surface area contributed by atoms with Crippen LogP contribution < -0.4 is 0 Å². The van der Waals surface area contributed by atoms with E-state index in [1.54, 1.807) is 0 Å². The van der Waals surface area contributed by atoms with Crippen LogP contribution in [0, 0.1) is 0 Å². The van der Waals surface area contributed by atoms with Gasteiger partial charge in [0.15, 0.2) is 0 Å². The lowest BCUT2D eigenvalue weighted by atomic mass is 9.93. The van der Waals surface area contributed by atoms with Crippen molar-refractivity contribution in [2.75, 3.05) is 19.6 Å². The fraction of sp³-hybridized carbons (Fsp3) is 0.348. The summed E-state index contributed by atoms with van der Waals surface area (Å²) < 4.78 is 0. The summed E-state index contributed by atoms with van der Waals surface area (Å²) >= 11 is 0. The Morgan fingerprint density at radius 2 is 1.62 bits per heavy atom. The molecule has 2 aliphatic rings. The lowest BCUT2D eigenvalue weighted by Crippen LogP contribution is -2.43. The summed E-state index contributed by atoms with van der Waals surface area (Å²) in [6, 6.07) is 20.8. The quantitative estimate of drug-likeness (QED) is 0.808. The SMILES string of the molecule is C[C@@H](c1ccccc1)N1CCCC2=C1CCN(C(=O)c1ccccc1)C2. The summed E-state index contributed by atoms with van der Waals surface area (Å²) in [5.41, 5.74) is 5.09. The number of hydrogen-bond acceptors (Lipinski definition) is 2. The molecular weight excluding hydrogens is 320 g/mol. The summed E-state index contributed by atoms with van der Waals surface area (Å²) in [6.45, 7) is 5.00. The first-order valence-corrected chi connectivity index (χ1v) is 9.61. The van der Waals surface area contributed by atoms with Crippen molar-refractivity contribution in [1.82, 2.24) is 9.80 Å². The minimum atomic E-state index is 0.158. The maximum absolute atomic E-state index is 12.8. The van der Waals surface area contributed by atoms with Gasteiger partial charge in [-0.1, -0.05) is 48.5 Å². The van der Waals surface area contributed by atoms with Crippen LogP contribution in [0.25, 0.3) is 0 Å². The van der Waals surface area contributed by atoms with Crippen LogP contribution in [0.4, 0.5) is 0 Å². The van der Waals surface area contributed by atoms with Crippen molar-refractivity contribution in [1.29, 1.82) is 0 Å². The Kier molecular flexibility index (Phi) is 4.79. The number of hydrogen-bond donors (Lipinski definition) is 0. The van der Waals surface area contributed by atoms with E-state index in [4.69, 9.17) is 0 Å². The molecule has 2 aromatic carbocycles. The highest BCUT2D eigenvalue weighted by atomic mass is 16.2. The van der Waals surface area contributed by atoms with Gasteiger partial charge in [-0.3, -0.25) is 4.79 Å². The molecule has 0 aliphatic carbocycles. The second-order valence-corrected chi connectivity index (χ2v) is 7.28. The Hall–Kier alpha value is -2.55. The Morgan fingerprint density at radius 3 is 2.35 bits per heavy atom. The molecule has 2 aliphatic heterocycles. The topological polar surface area (TPSA) is 23.6 Å². The third-order valence-corrected chi connectivity index (χ3v) is 5.69. The van der Waals surface area contributed by atoms with Gasteiger partial charge in [-0.25, -0.2) is 0 Å². The van der Waals surface area contributed by atoms with Crippen LogP contribution in [0.1, 0.15) is 48.1 Å². The van der Waals surface area contributed by atoms with Crippen molar-refractivity contribution in [2.24, 2.45) is 0 Å². The van der Waals surface area contributed by atoms with Crippen molar-refractivity contribution < 1.29 is 4.79 Å². The van der Waals surface area contributed by atoms with E-state index in [-0.39, 0.29) is 5.91 Å². The van der Waals surface area contributed by atoms with Crippen LogP contribution in [0.15, 0.2) is 71.9 Å². The van der Waals surface area contributed by atoms with E-state index in [1.165, 1.54) is 23.3 Å². The predicted octanol–water partition coefficient (Wildman–Crippen LogP) is 4.64. The van der Waals surface area contributed by atoms with Gasteiger partial charge in [-0.2, -0.15) is 0 Å². The first-order valence-electron chi connectivity index (χ1n) is 9.61. The maximum atomic E-state index is 12.8. The normalized spacial score (nSPS) is 18.5. The highest BCUT2D eigenvalue weighted by Crippen LogP contribution is 2.35. The molecule has 0 unspecified atom stereocenters. The molecule has 0 fully saturated rings. The van der Waals surface area contributed by atoms with Crippen molar-refractivity contribution in [3.05, 3.63) is 83.1 Å². The molecule has 26 heavy (non-hydrogen) atoms. The zero-order valence-electron chi connectivity index (χ0n) is 15.4. The molecule has 0 N–H and O–H groups in total. The van der Waals surface area contributed by atoms with Crippen molar-refractivity contribution in [3.63, 3.8) is 0 Å². The number of carbonyl (C=O) groups excluding carboxylic acids is 1. The number of carbonyl (C=O) groups is 1. The van der Waals surface area contributed by atoms with Crippen molar-refractivity contribution >= 4 is 5.91 Å². The lowest BCUT2D eigenvalue weighted by Gasteiger charge is -2.43. The van der Waals surface area contributed by atoms with E-state index >= 15 is 0 Å². The lowest BCUT2D eigenvalue weighted by molar-refractivity contribution is 0.0744. The van der Waals surface area contributed by atoms with Gasteiger partial charge < -0.3 is 9.80 Å². The van der Waals surface area contributed by atoms with E-state index < -0.39 is 0 Å². The molecule has 0 bridgehead atoms. The molecule has 4 rings (SSSR count). The zero-order chi connectivity index (χ0) is 17.9. The third-order valence-electron chi connectivity index (χ3n) is 5.69. The first kappa shape index (κ1) is 16.9. The summed E-state index contributed by atoms with van der Waals surface area (Å²) in [5, 5.41) is 0. The van der Waals surface area contributed by atoms with Crippen LogP contribution in [-0.2, 0) is 0 Å². The zero-order valence-corrected chi connectivity index (χ0v) is 15.4. The van der Waals surface area contributed by atoms with E-state index in [0.717, 1.165) is 38.0 Å². The average Bonchev–Trinajstić information content (AvgIpc) is 2.73. The maximum Gasteiger partial charge on any atom is 0.254 e. The van der Waals surface area contributed by atoms with Gasteiger partial charge in [0.2, 0.25) is 0 Å². The molecule has 0 saturated carbocycles. The van der Waals surface area contributed by atoms with Gasteiger partial charge in [-0.15, -0.1) is 0 Å². The van der Waals surface area contributed by atoms with E-state index in [1.807, 2.05) is 35.2 Å². The summed E-state index contributed by atoms with van der Waals surface area (Å²) in [4.78, 5) is 17.4. The predicted molar refractivity (Wildman–Crippen MR) is 105 cm³/mol. The van der Waals surface area contributed by atoms with Crippen LogP contribution in [-0.4, -0.2) is 35.3 Å². The molecule has 0 radical (unpaired) electrons. The van der Waals surface area contributed by atoms with E-state index in [2.05, 4.69) is 42.2 Å². The highest BCUT2D eigenvalue weighted by molar-refractivity contribution is 5.94. The Labute approximate surface area is 155 Å². The van der Waals surface area contributed by atoms with Crippen LogP contribution in [0.3, 0.4) is 0 Å². The van der Waals surface area contributed by atoms with Crippen LogP contribution in [0.2, 0.25) is 0 Å². The third kappa shape index (κ3) is 3.26. The van der Waals surface area contributed by atoms with Gasteiger partial charge in [-0.05, 0) is 43.0 Å². The molecule has 3 heteroatoms. The number of rotatable bonds is 3. The molecule has 0 saturated heterocycles. The Balaban J connectivity index is 1.54. The highest BCUT2D eigenvalue weighted by Gasteiger charge is 2.30. The Bertz CT molecular complexity index is 797. The summed E-state index contributed by atoms with van der Waals surface area (Å²) in [7, 11) is 0. The Morgan fingerprint density at radius 1 is 0.923 bits per heavy atom. The van der Waals surface area contributed by atoms with E-state index in [0.29, 0.717) is 6.04 Å². The largest absolute Gasteiger partial charge is 0.368 e. The van der Waals surface area contributed by atoms with Gasteiger partial charge in [0.1, 0.15) is 0 Å². The molecule has 2 aromatic rings. The fourth-order valence-electron chi connectivity index (χ4n) is 4.26. The number of benzene rings is 2. The second kappa shape index (κ2) is 7.36. The molecule has 0 spiro atoms. The molecule has 1 atom stereocenters. The number of amides is 1. The van der Waals surface area contributed by atoms with Crippen molar-refractivity contribution in [2.45, 2.75) is 32.2 Å². The van der Waals surface area contributed by atoms with Gasteiger partial charge in [0.05, 0.1) is 6.04 Å². The number of nitrogens with zero attached hydrogens (tertiary/aromatic N) is 2. The smallest absolute Gasteiger partial charge is 0.254 e. The molecule has 0 aromatic heterocycles. The van der Waals surface area contributed by atoms with Crippen LogP contribution >= 0.6 is 0 Å². The minimum absolute atomic E-state index is 0.158. The molecular formula is C23H26N2O. The van der Waals surface area contributed by atoms with Crippen LogP contribution in [0.5, 0.6) is 0 Å². The standard InChI is InChI=1S/C23H26N2O/c1-18(19-9-4-2-5-10-19)25-15-8-13-21-17-24(16-14-22(21)25)23(26)20-11-6-3-7-12-20/h2-7,9-12,18H,8,13-17H2,1H3/t18-/m0/s1. The van der Waals surface area contributed by atoms with Gasteiger partial charge in [0, 0.05) is 37.3 Å². The van der Waals surface area contributed by atoms with Crippen molar-refractivity contribution in [3.8, 4) is 0 Å². The summed E-state index contributed by atoms with van der Waals surface area (Å²) in [5.74, 6) is 0.158. The second-order valence-electron chi connectivity index (χ2n) is 7.28. The minimum Gasteiger partial charge on any atom is -0.368 e. The monoisotopic (exact) mass is 346 g/mol. The van der Waals surface area contributed by atoms with Gasteiger partial charge >= 0.3 is 0 Å². The molecule has 1 amide bonds.